The fourth-order valence-electron chi connectivity index (χ4n) is 2.50. The van der Waals surface area contributed by atoms with Gasteiger partial charge in [-0.05, 0) is 29.1 Å². The van der Waals surface area contributed by atoms with Crippen molar-refractivity contribution in [3.05, 3.63) is 77.6 Å². The highest BCUT2D eigenvalue weighted by atomic mass is 19.1. The van der Waals surface area contributed by atoms with Gasteiger partial charge in [0.1, 0.15) is 11.6 Å². The molecule has 106 valence electrons. The summed E-state index contributed by atoms with van der Waals surface area (Å²) >= 11 is 0. The van der Waals surface area contributed by atoms with Crippen LogP contribution in [0.4, 0.5) is 8.78 Å². The number of hydrogen-bond acceptors (Lipinski definition) is 3. The van der Waals surface area contributed by atoms with Crippen molar-refractivity contribution < 1.29 is 8.78 Å². The average Bonchev–Trinajstić information content (AvgIpc) is 2.51. The van der Waals surface area contributed by atoms with Crippen molar-refractivity contribution in [3.8, 4) is 0 Å². The number of fused-ring (bicyclic) bond motifs is 1. The van der Waals surface area contributed by atoms with Crippen molar-refractivity contribution in [2.75, 3.05) is 0 Å². The van der Waals surface area contributed by atoms with Gasteiger partial charge in [-0.2, -0.15) is 0 Å². The summed E-state index contributed by atoms with van der Waals surface area (Å²) in [6.45, 7) is 0. The molecule has 1 unspecified atom stereocenters. The second-order valence-electron chi connectivity index (χ2n) is 4.68. The largest absolute Gasteiger partial charge is 0.271 e. The van der Waals surface area contributed by atoms with E-state index in [2.05, 4.69) is 10.4 Å². The molecule has 5 heteroatoms. The van der Waals surface area contributed by atoms with Crippen LogP contribution in [-0.2, 0) is 0 Å². The molecule has 0 aliphatic rings. The van der Waals surface area contributed by atoms with Crippen molar-refractivity contribution in [3.63, 3.8) is 0 Å². The van der Waals surface area contributed by atoms with Gasteiger partial charge in [0, 0.05) is 23.3 Å². The third-order valence-corrected chi connectivity index (χ3v) is 3.48. The van der Waals surface area contributed by atoms with E-state index in [4.69, 9.17) is 5.84 Å². The molecular weight excluding hydrogens is 272 g/mol. The molecule has 0 spiro atoms. The Labute approximate surface area is 120 Å². The predicted octanol–water partition coefficient (Wildman–Crippen LogP) is 3.07. The Hall–Kier alpha value is -2.37. The monoisotopic (exact) mass is 285 g/mol. The van der Waals surface area contributed by atoms with E-state index in [9.17, 15) is 8.78 Å². The van der Waals surface area contributed by atoms with E-state index in [0.717, 1.165) is 10.8 Å². The number of rotatable bonds is 3. The quantitative estimate of drug-likeness (QED) is 0.574. The lowest BCUT2D eigenvalue weighted by atomic mass is 9.94. The summed E-state index contributed by atoms with van der Waals surface area (Å²) in [5, 5.41) is 1.73. The van der Waals surface area contributed by atoms with E-state index in [-0.39, 0.29) is 5.56 Å². The molecule has 0 amide bonds. The van der Waals surface area contributed by atoms with Crippen LogP contribution in [0.1, 0.15) is 17.2 Å². The lowest BCUT2D eigenvalue weighted by molar-refractivity contribution is 0.512. The molecule has 0 saturated carbocycles. The van der Waals surface area contributed by atoms with Crippen molar-refractivity contribution in [2.24, 2.45) is 5.84 Å². The summed E-state index contributed by atoms with van der Waals surface area (Å²) in [5.74, 6) is 4.28. The second kappa shape index (κ2) is 5.55. The van der Waals surface area contributed by atoms with Gasteiger partial charge in [0.2, 0.25) is 0 Å². The minimum atomic E-state index is -0.793. The Bertz CT molecular complexity index is 764. The normalized spacial score (nSPS) is 12.5. The Kier molecular flexibility index (Phi) is 3.60. The number of aromatic nitrogens is 1. The van der Waals surface area contributed by atoms with E-state index < -0.39 is 17.7 Å². The minimum Gasteiger partial charge on any atom is -0.271 e. The van der Waals surface area contributed by atoms with E-state index in [1.54, 1.807) is 18.5 Å². The SMILES string of the molecule is NNC(c1c(F)cccc1F)c1cccc2ccncc12. The maximum absolute atomic E-state index is 14.0. The number of halogens is 2. The third kappa shape index (κ3) is 2.37. The molecule has 0 radical (unpaired) electrons. The summed E-state index contributed by atoms with van der Waals surface area (Å²) in [6, 6.07) is 10.3. The van der Waals surface area contributed by atoms with E-state index in [0.29, 0.717) is 5.56 Å². The molecule has 2 aromatic carbocycles. The Morgan fingerprint density at radius 3 is 2.43 bits per heavy atom. The van der Waals surface area contributed by atoms with Gasteiger partial charge in [-0.25, -0.2) is 14.2 Å². The number of pyridine rings is 1. The first-order chi connectivity index (χ1) is 10.2. The van der Waals surface area contributed by atoms with Crippen LogP contribution in [-0.4, -0.2) is 4.98 Å². The van der Waals surface area contributed by atoms with Gasteiger partial charge < -0.3 is 0 Å². The molecule has 3 rings (SSSR count). The van der Waals surface area contributed by atoms with Crippen LogP contribution in [0.2, 0.25) is 0 Å². The number of nitrogens with zero attached hydrogens (tertiary/aromatic N) is 1. The van der Waals surface area contributed by atoms with Gasteiger partial charge in [-0.3, -0.25) is 10.8 Å². The molecule has 1 heterocycles. The molecule has 0 bridgehead atoms. The number of benzene rings is 2. The molecular formula is C16H13F2N3. The van der Waals surface area contributed by atoms with Gasteiger partial charge in [-0.15, -0.1) is 0 Å². The fraction of sp³-hybridized carbons (Fsp3) is 0.0625. The smallest absolute Gasteiger partial charge is 0.131 e. The molecule has 3 aromatic rings. The third-order valence-electron chi connectivity index (χ3n) is 3.48. The number of nitrogens with two attached hydrogens (primary N) is 1. The van der Waals surface area contributed by atoms with E-state index >= 15 is 0 Å². The summed E-state index contributed by atoms with van der Waals surface area (Å²) in [7, 11) is 0. The Morgan fingerprint density at radius 2 is 1.71 bits per heavy atom. The first kappa shape index (κ1) is 13.6. The minimum absolute atomic E-state index is 0.101. The fourth-order valence-corrected chi connectivity index (χ4v) is 2.50. The summed E-state index contributed by atoms with van der Waals surface area (Å²) in [5.41, 5.74) is 3.07. The van der Waals surface area contributed by atoms with E-state index in [1.807, 2.05) is 18.2 Å². The lowest BCUT2D eigenvalue weighted by Crippen LogP contribution is -2.30. The average molecular weight is 285 g/mol. The predicted molar refractivity (Wildman–Crippen MR) is 77.3 cm³/mol. The van der Waals surface area contributed by atoms with Crippen molar-refractivity contribution >= 4 is 10.8 Å². The molecule has 3 nitrogen and oxygen atoms in total. The van der Waals surface area contributed by atoms with Crippen molar-refractivity contribution in [1.29, 1.82) is 0 Å². The van der Waals surface area contributed by atoms with Crippen LogP contribution in [0, 0.1) is 11.6 Å². The summed E-state index contributed by atoms with van der Waals surface area (Å²) in [6.07, 6.45) is 3.33. The topological polar surface area (TPSA) is 50.9 Å². The molecule has 0 aliphatic heterocycles. The van der Waals surface area contributed by atoms with Crippen molar-refractivity contribution in [1.82, 2.24) is 10.4 Å². The van der Waals surface area contributed by atoms with Crippen LogP contribution in [0.3, 0.4) is 0 Å². The molecule has 21 heavy (non-hydrogen) atoms. The molecule has 0 fully saturated rings. The highest BCUT2D eigenvalue weighted by molar-refractivity contribution is 5.85. The van der Waals surface area contributed by atoms with Gasteiger partial charge in [-0.1, -0.05) is 24.3 Å². The zero-order valence-electron chi connectivity index (χ0n) is 11.1. The number of hydrazine groups is 1. The highest BCUT2D eigenvalue weighted by Gasteiger charge is 2.22. The molecule has 0 aliphatic carbocycles. The maximum atomic E-state index is 14.0. The zero-order valence-corrected chi connectivity index (χ0v) is 11.1. The molecule has 1 aromatic heterocycles. The summed E-state index contributed by atoms with van der Waals surface area (Å²) < 4.78 is 28.0. The maximum Gasteiger partial charge on any atom is 0.131 e. The molecule has 3 N–H and O–H groups in total. The number of hydrogen-bond donors (Lipinski definition) is 2. The second-order valence-corrected chi connectivity index (χ2v) is 4.68. The first-order valence-electron chi connectivity index (χ1n) is 6.45. The van der Waals surface area contributed by atoms with Crippen LogP contribution in [0.15, 0.2) is 54.9 Å². The van der Waals surface area contributed by atoms with Gasteiger partial charge in [0.15, 0.2) is 0 Å². The summed E-state index contributed by atoms with van der Waals surface area (Å²) in [4.78, 5) is 4.07. The van der Waals surface area contributed by atoms with Gasteiger partial charge in [0.05, 0.1) is 6.04 Å². The van der Waals surface area contributed by atoms with Crippen LogP contribution >= 0.6 is 0 Å². The van der Waals surface area contributed by atoms with Crippen LogP contribution in [0.25, 0.3) is 10.8 Å². The molecule has 0 saturated heterocycles. The number of nitrogens with one attached hydrogen (secondary N) is 1. The van der Waals surface area contributed by atoms with Crippen LogP contribution in [0.5, 0.6) is 0 Å². The van der Waals surface area contributed by atoms with Crippen LogP contribution < -0.4 is 11.3 Å². The van der Waals surface area contributed by atoms with E-state index in [1.165, 1.54) is 18.2 Å². The first-order valence-corrected chi connectivity index (χ1v) is 6.45. The highest BCUT2D eigenvalue weighted by Crippen LogP contribution is 2.30. The lowest BCUT2D eigenvalue weighted by Gasteiger charge is -2.20. The van der Waals surface area contributed by atoms with Gasteiger partial charge >= 0.3 is 0 Å². The zero-order chi connectivity index (χ0) is 14.8. The standard InChI is InChI=1S/C16H13F2N3/c17-13-5-2-6-14(18)15(13)16(21-19)11-4-1-3-10-7-8-20-9-12(10)11/h1-9,16,21H,19H2. The Balaban J connectivity index is 2.24. The van der Waals surface area contributed by atoms with Crippen molar-refractivity contribution in [2.45, 2.75) is 6.04 Å². The molecule has 1 atom stereocenters. The van der Waals surface area contributed by atoms with Gasteiger partial charge in [0.25, 0.3) is 0 Å². The Morgan fingerprint density at radius 1 is 1.00 bits per heavy atom.